The summed E-state index contributed by atoms with van der Waals surface area (Å²) in [6.45, 7) is 6.47. The van der Waals surface area contributed by atoms with E-state index in [0.29, 0.717) is 13.2 Å². The van der Waals surface area contributed by atoms with Crippen LogP contribution in [0.1, 0.15) is 37.9 Å². The van der Waals surface area contributed by atoms with Crippen LogP contribution >= 0.6 is 0 Å². The fourth-order valence-electron chi connectivity index (χ4n) is 1.97. The summed E-state index contributed by atoms with van der Waals surface area (Å²) in [5.74, 6) is 0. The van der Waals surface area contributed by atoms with Gasteiger partial charge in [0.15, 0.2) is 0 Å². The Labute approximate surface area is 126 Å². The van der Waals surface area contributed by atoms with Gasteiger partial charge in [0.25, 0.3) is 0 Å². The molecule has 0 aliphatic rings. The van der Waals surface area contributed by atoms with Gasteiger partial charge in [-0.25, -0.2) is 4.79 Å². The number of rotatable bonds is 6. The van der Waals surface area contributed by atoms with E-state index in [1.165, 1.54) is 0 Å². The molecule has 0 bridgehead atoms. The van der Waals surface area contributed by atoms with Crippen molar-refractivity contribution in [2.24, 2.45) is 5.73 Å². The fraction of sp³-hybridized carbons (Fsp3) is 0.562. The first-order valence-electron chi connectivity index (χ1n) is 7.13. The Hall–Kier alpha value is -1.59. The van der Waals surface area contributed by atoms with E-state index in [9.17, 15) is 4.79 Å². The zero-order valence-electron chi connectivity index (χ0n) is 13.3. The van der Waals surface area contributed by atoms with E-state index in [2.05, 4.69) is 5.32 Å². The second-order valence-electron chi connectivity index (χ2n) is 5.94. The van der Waals surface area contributed by atoms with Crippen LogP contribution in [0.25, 0.3) is 0 Å². The molecule has 118 valence electrons. The third-order valence-electron chi connectivity index (χ3n) is 2.81. The molecule has 0 spiro atoms. The highest BCUT2D eigenvalue weighted by Gasteiger charge is 2.20. The predicted molar refractivity (Wildman–Crippen MR) is 83.2 cm³/mol. The third-order valence-corrected chi connectivity index (χ3v) is 2.81. The van der Waals surface area contributed by atoms with Crippen LogP contribution in [-0.2, 0) is 15.9 Å². The van der Waals surface area contributed by atoms with E-state index in [4.69, 9.17) is 15.2 Å². The summed E-state index contributed by atoms with van der Waals surface area (Å²) in [4.78, 5) is 11.9. The molecule has 1 unspecified atom stereocenters. The number of carbonyl (C=O) groups excluding carboxylic acids is 1. The lowest BCUT2D eigenvalue weighted by atomic mass is 10.0. The number of ether oxygens (including phenoxy) is 2. The molecule has 5 heteroatoms. The molecule has 3 N–H and O–H groups in total. The van der Waals surface area contributed by atoms with Gasteiger partial charge in [-0.1, -0.05) is 24.3 Å². The molecule has 1 amide bonds. The molecule has 0 aliphatic carbocycles. The van der Waals surface area contributed by atoms with Crippen molar-refractivity contribution in [3.05, 3.63) is 35.4 Å². The lowest BCUT2D eigenvalue weighted by molar-refractivity contribution is 0.0468. The predicted octanol–water partition coefficient (Wildman–Crippen LogP) is 2.40. The van der Waals surface area contributed by atoms with Gasteiger partial charge in [0.2, 0.25) is 0 Å². The second kappa shape index (κ2) is 8.00. The average Bonchev–Trinajstić information content (AvgIpc) is 2.37. The van der Waals surface area contributed by atoms with Crippen molar-refractivity contribution < 1.29 is 14.3 Å². The zero-order valence-corrected chi connectivity index (χ0v) is 13.3. The number of carbonyl (C=O) groups is 1. The van der Waals surface area contributed by atoms with Crippen molar-refractivity contribution in [1.82, 2.24) is 5.32 Å². The number of amides is 1. The molecular weight excluding hydrogens is 268 g/mol. The molecule has 0 radical (unpaired) electrons. The van der Waals surface area contributed by atoms with Gasteiger partial charge in [-0.3, -0.25) is 0 Å². The third kappa shape index (κ3) is 6.60. The van der Waals surface area contributed by atoms with Gasteiger partial charge in [0.05, 0.1) is 12.6 Å². The van der Waals surface area contributed by atoms with E-state index < -0.39 is 11.7 Å². The molecule has 5 nitrogen and oxygen atoms in total. The van der Waals surface area contributed by atoms with Crippen molar-refractivity contribution in [1.29, 1.82) is 0 Å². The minimum absolute atomic E-state index is 0.248. The highest BCUT2D eigenvalue weighted by molar-refractivity contribution is 5.68. The van der Waals surface area contributed by atoms with Gasteiger partial charge in [-0.05, 0) is 44.9 Å². The number of nitrogens with one attached hydrogen (secondary N) is 1. The Morgan fingerprint density at radius 1 is 1.38 bits per heavy atom. The summed E-state index contributed by atoms with van der Waals surface area (Å²) in [5, 5.41) is 2.84. The van der Waals surface area contributed by atoms with Gasteiger partial charge in [-0.15, -0.1) is 0 Å². The molecule has 1 atom stereocenters. The number of alkyl carbamates (subject to hydrolysis) is 1. The van der Waals surface area contributed by atoms with Crippen LogP contribution in [0.3, 0.4) is 0 Å². The Kier molecular flexibility index (Phi) is 6.65. The van der Waals surface area contributed by atoms with Crippen molar-refractivity contribution in [3.63, 3.8) is 0 Å². The Balaban J connectivity index is 2.81. The van der Waals surface area contributed by atoms with Crippen LogP contribution in [-0.4, -0.2) is 32.0 Å². The maximum Gasteiger partial charge on any atom is 0.408 e. The van der Waals surface area contributed by atoms with E-state index >= 15 is 0 Å². The van der Waals surface area contributed by atoms with Crippen molar-refractivity contribution in [2.45, 2.75) is 38.8 Å². The maximum absolute atomic E-state index is 11.9. The summed E-state index contributed by atoms with van der Waals surface area (Å²) in [5.41, 5.74) is 7.18. The van der Waals surface area contributed by atoms with E-state index in [1.807, 2.05) is 45.0 Å². The van der Waals surface area contributed by atoms with Crippen LogP contribution in [0, 0.1) is 0 Å². The molecule has 1 aromatic carbocycles. The number of hydrogen-bond donors (Lipinski definition) is 2. The van der Waals surface area contributed by atoms with Crippen molar-refractivity contribution >= 4 is 6.09 Å². The first-order valence-corrected chi connectivity index (χ1v) is 7.13. The molecule has 0 heterocycles. The molecule has 0 fully saturated rings. The summed E-state index contributed by atoms with van der Waals surface area (Å²) >= 11 is 0. The van der Waals surface area contributed by atoms with Crippen LogP contribution in [0.5, 0.6) is 0 Å². The minimum Gasteiger partial charge on any atom is -0.444 e. The first-order chi connectivity index (χ1) is 9.85. The largest absolute Gasteiger partial charge is 0.444 e. The normalized spacial score (nSPS) is 12.8. The number of methoxy groups -OCH3 is 1. The number of hydrogen-bond acceptors (Lipinski definition) is 4. The lowest BCUT2D eigenvalue weighted by Crippen LogP contribution is -2.36. The minimum atomic E-state index is -0.525. The molecule has 0 saturated carbocycles. The molecule has 0 saturated heterocycles. The quantitative estimate of drug-likeness (QED) is 0.845. The zero-order chi connectivity index (χ0) is 15.9. The first kappa shape index (κ1) is 17.5. The monoisotopic (exact) mass is 294 g/mol. The van der Waals surface area contributed by atoms with Gasteiger partial charge >= 0.3 is 6.09 Å². The SMILES string of the molecule is COCC(NC(=O)OC(C)(C)C)c1cccc(CCN)c1. The van der Waals surface area contributed by atoms with Crippen molar-refractivity contribution in [3.8, 4) is 0 Å². The second-order valence-corrected chi connectivity index (χ2v) is 5.94. The van der Waals surface area contributed by atoms with Gasteiger partial charge in [-0.2, -0.15) is 0 Å². The molecule has 1 aromatic rings. The Morgan fingerprint density at radius 2 is 2.10 bits per heavy atom. The van der Waals surface area contributed by atoms with E-state index in [1.54, 1.807) is 7.11 Å². The fourth-order valence-corrected chi connectivity index (χ4v) is 1.97. The van der Waals surface area contributed by atoms with E-state index in [-0.39, 0.29) is 6.04 Å². The van der Waals surface area contributed by atoms with Gasteiger partial charge in [0.1, 0.15) is 5.60 Å². The Bertz CT molecular complexity index is 455. The highest BCUT2D eigenvalue weighted by atomic mass is 16.6. The van der Waals surface area contributed by atoms with Crippen LogP contribution < -0.4 is 11.1 Å². The summed E-state index contributed by atoms with van der Waals surface area (Å²) < 4.78 is 10.5. The molecule has 0 aromatic heterocycles. The summed E-state index contributed by atoms with van der Waals surface area (Å²) in [6.07, 6.45) is 0.355. The van der Waals surface area contributed by atoms with Crippen LogP contribution in [0.2, 0.25) is 0 Å². The lowest BCUT2D eigenvalue weighted by Gasteiger charge is -2.24. The molecule has 21 heavy (non-hydrogen) atoms. The van der Waals surface area contributed by atoms with Crippen LogP contribution in [0.15, 0.2) is 24.3 Å². The number of benzene rings is 1. The van der Waals surface area contributed by atoms with Gasteiger partial charge in [0, 0.05) is 7.11 Å². The smallest absolute Gasteiger partial charge is 0.408 e. The summed E-state index contributed by atoms with van der Waals surface area (Å²) in [7, 11) is 1.60. The van der Waals surface area contributed by atoms with E-state index in [0.717, 1.165) is 17.5 Å². The summed E-state index contributed by atoms with van der Waals surface area (Å²) in [6, 6.07) is 7.73. The topological polar surface area (TPSA) is 73.6 Å². The highest BCUT2D eigenvalue weighted by Crippen LogP contribution is 2.17. The molecule has 0 aliphatic heterocycles. The molecule has 1 rings (SSSR count). The standard InChI is InChI=1S/C16H26N2O3/c1-16(2,3)21-15(19)18-14(11-20-4)13-7-5-6-12(10-13)8-9-17/h5-7,10,14H,8-9,11,17H2,1-4H3,(H,18,19). The van der Waals surface area contributed by atoms with Gasteiger partial charge < -0.3 is 20.5 Å². The van der Waals surface area contributed by atoms with Crippen molar-refractivity contribution in [2.75, 3.05) is 20.3 Å². The molecular formula is C16H26N2O3. The maximum atomic E-state index is 11.9. The van der Waals surface area contributed by atoms with Crippen LogP contribution in [0.4, 0.5) is 4.79 Å². The average molecular weight is 294 g/mol. The Morgan fingerprint density at radius 3 is 2.67 bits per heavy atom. The number of nitrogens with two attached hydrogens (primary N) is 1.